The van der Waals surface area contributed by atoms with Crippen molar-refractivity contribution in [2.24, 2.45) is 0 Å². The second kappa shape index (κ2) is 5.25. The first-order chi connectivity index (χ1) is 9.72. The van der Waals surface area contributed by atoms with Gasteiger partial charge in [0.15, 0.2) is 5.58 Å². The summed E-state index contributed by atoms with van der Waals surface area (Å²) < 4.78 is 5.65. The zero-order valence-electron chi connectivity index (χ0n) is 11.3. The number of aromatic nitrogens is 1. The number of nitrogen functional groups attached to an aromatic ring is 1. The van der Waals surface area contributed by atoms with Crippen molar-refractivity contribution < 1.29 is 4.42 Å². The van der Waals surface area contributed by atoms with Crippen LogP contribution in [0.5, 0.6) is 0 Å². The third-order valence-corrected chi connectivity index (χ3v) is 3.20. The molecule has 0 fully saturated rings. The fourth-order valence-corrected chi connectivity index (χ4v) is 2.26. The van der Waals surface area contributed by atoms with E-state index in [1.165, 1.54) is 5.56 Å². The van der Waals surface area contributed by atoms with E-state index in [0.717, 1.165) is 6.42 Å². The van der Waals surface area contributed by atoms with E-state index in [9.17, 15) is 0 Å². The van der Waals surface area contributed by atoms with E-state index in [-0.39, 0.29) is 6.04 Å². The number of oxazole rings is 1. The summed E-state index contributed by atoms with van der Waals surface area (Å²) in [5, 5.41) is 3.27. The minimum absolute atomic E-state index is 0.228. The smallest absolute Gasteiger partial charge is 0.295 e. The lowest BCUT2D eigenvalue weighted by molar-refractivity contribution is 0.599. The summed E-state index contributed by atoms with van der Waals surface area (Å²) in [4.78, 5) is 4.39. The zero-order valence-corrected chi connectivity index (χ0v) is 11.3. The Morgan fingerprint density at radius 3 is 2.70 bits per heavy atom. The van der Waals surface area contributed by atoms with Crippen LogP contribution in [0.4, 0.5) is 11.7 Å². The highest BCUT2D eigenvalue weighted by atomic mass is 16.4. The van der Waals surface area contributed by atoms with Gasteiger partial charge in [0.1, 0.15) is 5.52 Å². The molecule has 0 spiro atoms. The minimum atomic E-state index is 0.228. The second-order valence-electron chi connectivity index (χ2n) is 4.95. The molecule has 0 aliphatic rings. The molecule has 1 atom stereocenters. The van der Waals surface area contributed by atoms with Crippen molar-refractivity contribution in [3.63, 3.8) is 0 Å². The number of rotatable bonds is 4. The van der Waals surface area contributed by atoms with Crippen LogP contribution in [0.15, 0.2) is 52.9 Å². The highest BCUT2D eigenvalue weighted by molar-refractivity contribution is 5.86. The van der Waals surface area contributed by atoms with Gasteiger partial charge in [0.2, 0.25) is 0 Å². The Hall–Kier alpha value is -2.49. The van der Waals surface area contributed by atoms with E-state index in [1.807, 2.05) is 36.4 Å². The SMILES string of the molecule is CC(Cc1ccccc1)Nc1nc2c(N)cccc2o1. The molecular formula is C16H17N3O. The summed E-state index contributed by atoms with van der Waals surface area (Å²) in [6.07, 6.45) is 0.912. The molecule has 20 heavy (non-hydrogen) atoms. The van der Waals surface area contributed by atoms with Gasteiger partial charge in [-0.2, -0.15) is 4.98 Å². The van der Waals surface area contributed by atoms with Crippen molar-refractivity contribution in [1.82, 2.24) is 4.98 Å². The average Bonchev–Trinajstić information content (AvgIpc) is 2.83. The van der Waals surface area contributed by atoms with Crippen LogP contribution in [-0.4, -0.2) is 11.0 Å². The summed E-state index contributed by atoms with van der Waals surface area (Å²) in [6.45, 7) is 2.10. The van der Waals surface area contributed by atoms with E-state index in [0.29, 0.717) is 22.8 Å². The van der Waals surface area contributed by atoms with Crippen LogP contribution in [0.2, 0.25) is 0 Å². The van der Waals surface area contributed by atoms with Gasteiger partial charge in [0, 0.05) is 6.04 Å². The lowest BCUT2D eigenvalue weighted by atomic mass is 10.1. The van der Waals surface area contributed by atoms with Gasteiger partial charge in [0.05, 0.1) is 5.69 Å². The lowest BCUT2D eigenvalue weighted by Gasteiger charge is -2.11. The molecule has 1 heterocycles. The van der Waals surface area contributed by atoms with Gasteiger partial charge in [0.25, 0.3) is 6.01 Å². The molecule has 0 aliphatic carbocycles. The number of fused-ring (bicyclic) bond motifs is 1. The second-order valence-corrected chi connectivity index (χ2v) is 4.95. The van der Waals surface area contributed by atoms with Crippen molar-refractivity contribution in [3.05, 3.63) is 54.1 Å². The molecule has 0 aliphatic heterocycles. The molecule has 1 aromatic heterocycles. The van der Waals surface area contributed by atoms with Crippen LogP contribution in [0.3, 0.4) is 0 Å². The molecule has 3 rings (SSSR count). The van der Waals surface area contributed by atoms with Gasteiger partial charge < -0.3 is 15.5 Å². The number of benzene rings is 2. The maximum absolute atomic E-state index is 5.87. The number of nitrogens with zero attached hydrogens (tertiary/aromatic N) is 1. The molecule has 4 nitrogen and oxygen atoms in total. The van der Waals surface area contributed by atoms with E-state index in [4.69, 9.17) is 10.2 Å². The summed E-state index contributed by atoms with van der Waals surface area (Å²) in [7, 11) is 0. The number of hydrogen-bond donors (Lipinski definition) is 2. The van der Waals surface area contributed by atoms with Crippen molar-refractivity contribution in [1.29, 1.82) is 0 Å². The van der Waals surface area contributed by atoms with Gasteiger partial charge in [-0.25, -0.2) is 0 Å². The van der Waals surface area contributed by atoms with Crippen molar-refractivity contribution >= 4 is 22.8 Å². The first-order valence-electron chi connectivity index (χ1n) is 6.68. The highest BCUT2D eigenvalue weighted by Crippen LogP contribution is 2.24. The molecule has 0 radical (unpaired) electrons. The van der Waals surface area contributed by atoms with E-state index in [2.05, 4.69) is 29.4 Å². The van der Waals surface area contributed by atoms with E-state index in [1.54, 1.807) is 0 Å². The number of hydrogen-bond acceptors (Lipinski definition) is 4. The van der Waals surface area contributed by atoms with Crippen LogP contribution >= 0.6 is 0 Å². The molecular weight excluding hydrogens is 250 g/mol. The first kappa shape index (κ1) is 12.5. The molecule has 0 saturated heterocycles. The number of nitrogens with one attached hydrogen (secondary N) is 1. The van der Waals surface area contributed by atoms with Crippen molar-refractivity contribution in [2.45, 2.75) is 19.4 Å². The van der Waals surface area contributed by atoms with Gasteiger partial charge in [-0.1, -0.05) is 36.4 Å². The van der Waals surface area contributed by atoms with Crippen LogP contribution in [0.1, 0.15) is 12.5 Å². The molecule has 102 valence electrons. The Morgan fingerprint density at radius 1 is 1.15 bits per heavy atom. The molecule has 0 bridgehead atoms. The Kier molecular flexibility index (Phi) is 3.29. The van der Waals surface area contributed by atoms with Crippen molar-refractivity contribution in [3.8, 4) is 0 Å². The Morgan fingerprint density at radius 2 is 1.95 bits per heavy atom. The third kappa shape index (κ3) is 2.59. The number of nitrogens with two attached hydrogens (primary N) is 1. The van der Waals surface area contributed by atoms with Gasteiger partial charge in [-0.05, 0) is 31.0 Å². The molecule has 3 N–H and O–H groups in total. The average molecular weight is 267 g/mol. The summed E-state index contributed by atoms with van der Waals surface area (Å²) >= 11 is 0. The molecule has 0 saturated carbocycles. The summed E-state index contributed by atoms with van der Waals surface area (Å²) in [5.41, 5.74) is 9.21. The van der Waals surface area contributed by atoms with Gasteiger partial charge in [-0.3, -0.25) is 0 Å². The van der Waals surface area contributed by atoms with Gasteiger partial charge in [-0.15, -0.1) is 0 Å². The zero-order chi connectivity index (χ0) is 13.9. The summed E-state index contributed by atoms with van der Waals surface area (Å²) in [5.74, 6) is 0. The highest BCUT2D eigenvalue weighted by Gasteiger charge is 2.10. The Balaban J connectivity index is 1.74. The lowest BCUT2D eigenvalue weighted by Crippen LogP contribution is -2.18. The van der Waals surface area contributed by atoms with Crippen molar-refractivity contribution in [2.75, 3.05) is 11.1 Å². The van der Waals surface area contributed by atoms with E-state index >= 15 is 0 Å². The van der Waals surface area contributed by atoms with Crippen LogP contribution in [0, 0.1) is 0 Å². The topological polar surface area (TPSA) is 64.1 Å². The third-order valence-electron chi connectivity index (χ3n) is 3.20. The molecule has 1 unspecified atom stereocenters. The Bertz CT molecular complexity index is 706. The van der Waals surface area contributed by atoms with Crippen LogP contribution < -0.4 is 11.1 Å². The fourth-order valence-electron chi connectivity index (χ4n) is 2.26. The van der Waals surface area contributed by atoms with Gasteiger partial charge >= 0.3 is 0 Å². The number of anilines is 2. The minimum Gasteiger partial charge on any atom is -0.423 e. The maximum Gasteiger partial charge on any atom is 0.295 e. The number of para-hydroxylation sites is 1. The predicted molar refractivity (Wildman–Crippen MR) is 81.7 cm³/mol. The van der Waals surface area contributed by atoms with Crippen LogP contribution in [-0.2, 0) is 6.42 Å². The quantitative estimate of drug-likeness (QED) is 0.711. The molecule has 3 aromatic rings. The normalized spacial score (nSPS) is 12.4. The predicted octanol–water partition coefficient (Wildman–Crippen LogP) is 3.45. The monoisotopic (exact) mass is 267 g/mol. The molecule has 2 aromatic carbocycles. The largest absolute Gasteiger partial charge is 0.423 e. The van der Waals surface area contributed by atoms with Crippen LogP contribution in [0.25, 0.3) is 11.1 Å². The standard InChI is InChI=1S/C16H17N3O/c1-11(10-12-6-3-2-4-7-12)18-16-19-15-13(17)8-5-9-14(15)20-16/h2-9,11H,10,17H2,1H3,(H,18,19). The Labute approximate surface area is 117 Å². The summed E-state index contributed by atoms with van der Waals surface area (Å²) in [6, 6.07) is 16.6. The fraction of sp³-hybridized carbons (Fsp3) is 0.188. The maximum atomic E-state index is 5.87. The molecule has 0 amide bonds. The molecule has 4 heteroatoms. The first-order valence-corrected chi connectivity index (χ1v) is 6.68. The van der Waals surface area contributed by atoms with E-state index < -0.39 is 0 Å².